The molecular formula is C22H26N4O3. The van der Waals surface area contributed by atoms with Crippen molar-refractivity contribution in [2.24, 2.45) is 0 Å². The Balaban J connectivity index is 1.91. The van der Waals surface area contributed by atoms with Crippen molar-refractivity contribution in [3.63, 3.8) is 0 Å². The fraction of sp³-hybridized carbons (Fsp3) is 0.364. The third kappa shape index (κ3) is 4.45. The highest BCUT2D eigenvalue weighted by molar-refractivity contribution is 5.92. The van der Waals surface area contributed by atoms with Crippen molar-refractivity contribution in [1.29, 1.82) is 0 Å². The number of carbonyl (C=O) groups excluding carboxylic acids is 1. The molecule has 0 aliphatic carbocycles. The standard InChI is InChI=1S/C22H26N4O3/c1-13-10-14(2)19(15(3)11-13)23-17(27)12-26-16(8-7-9-18(26)28)20-24-21(25-29-20)22(4,5)6/h7-11H,12H2,1-6H3,(H,23,27). The van der Waals surface area contributed by atoms with Crippen molar-refractivity contribution in [3.8, 4) is 11.6 Å². The van der Waals surface area contributed by atoms with Crippen LogP contribution < -0.4 is 10.9 Å². The van der Waals surface area contributed by atoms with Crippen molar-refractivity contribution in [2.75, 3.05) is 5.32 Å². The lowest BCUT2D eigenvalue weighted by Gasteiger charge is -2.14. The van der Waals surface area contributed by atoms with Gasteiger partial charge in [-0.25, -0.2) is 0 Å². The van der Waals surface area contributed by atoms with E-state index in [2.05, 4.69) is 15.5 Å². The van der Waals surface area contributed by atoms with E-state index in [1.165, 1.54) is 10.6 Å². The van der Waals surface area contributed by atoms with Gasteiger partial charge >= 0.3 is 0 Å². The van der Waals surface area contributed by atoms with Gasteiger partial charge in [-0.15, -0.1) is 0 Å². The Hall–Kier alpha value is -3.22. The Morgan fingerprint density at radius 1 is 1.14 bits per heavy atom. The first-order chi connectivity index (χ1) is 13.6. The minimum Gasteiger partial charge on any atom is -0.332 e. The maximum atomic E-state index is 12.7. The Kier molecular flexibility index (Phi) is 5.42. The number of benzene rings is 1. The number of aromatic nitrogens is 3. The molecule has 0 unspecified atom stereocenters. The highest BCUT2D eigenvalue weighted by Gasteiger charge is 2.23. The van der Waals surface area contributed by atoms with E-state index in [-0.39, 0.29) is 29.3 Å². The molecule has 1 amide bonds. The highest BCUT2D eigenvalue weighted by atomic mass is 16.5. The van der Waals surface area contributed by atoms with Gasteiger partial charge in [0.15, 0.2) is 5.82 Å². The van der Waals surface area contributed by atoms with Crippen LogP contribution >= 0.6 is 0 Å². The van der Waals surface area contributed by atoms with Gasteiger partial charge in [-0.3, -0.25) is 14.2 Å². The summed E-state index contributed by atoms with van der Waals surface area (Å²) in [5.74, 6) is 0.444. The number of carbonyl (C=O) groups is 1. The van der Waals surface area contributed by atoms with Gasteiger partial charge in [0, 0.05) is 17.2 Å². The zero-order valence-corrected chi connectivity index (χ0v) is 17.7. The molecule has 2 heterocycles. The number of aryl methyl sites for hydroxylation is 3. The molecule has 0 spiro atoms. The lowest BCUT2D eigenvalue weighted by Crippen LogP contribution is -2.28. The van der Waals surface area contributed by atoms with E-state index in [1.54, 1.807) is 12.1 Å². The van der Waals surface area contributed by atoms with Gasteiger partial charge in [-0.05, 0) is 38.0 Å². The Bertz CT molecular complexity index is 1100. The Morgan fingerprint density at radius 3 is 2.38 bits per heavy atom. The number of hydrogen-bond donors (Lipinski definition) is 1. The predicted molar refractivity (Wildman–Crippen MR) is 112 cm³/mol. The van der Waals surface area contributed by atoms with Crippen LogP contribution in [-0.2, 0) is 16.8 Å². The summed E-state index contributed by atoms with van der Waals surface area (Å²) in [6, 6.07) is 8.73. The first-order valence-corrected chi connectivity index (χ1v) is 9.48. The van der Waals surface area contributed by atoms with E-state index >= 15 is 0 Å². The lowest BCUT2D eigenvalue weighted by molar-refractivity contribution is -0.116. The largest absolute Gasteiger partial charge is 0.332 e. The SMILES string of the molecule is Cc1cc(C)c(NC(=O)Cn2c(-c3nc(C(C)(C)C)no3)cccc2=O)c(C)c1. The van der Waals surface area contributed by atoms with Gasteiger partial charge in [-0.2, -0.15) is 4.98 Å². The molecule has 0 radical (unpaired) electrons. The summed E-state index contributed by atoms with van der Waals surface area (Å²) in [4.78, 5) is 29.6. The van der Waals surface area contributed by atoms with Gasteiger partial charge < -0.3 is 9.84 Å². The number of rotatable bonds is 4. The minimum absolute atomic E-state index is 0.158. The number of nitrogens with one attached hydrogen (secondary N) is 1. The average Bonchev–Trinajstić information content (AvgIpc) is 3.10. The molecule has 3 aromatic rings. The summed E-state index contributed by atoms with van der Waals surface area (Å²) in [7, 11) is 0. The van der Waals surface area contributed by atoms with Crippen molar-refractivity contribution in [3.05, 3.63) is 63.2 Å². The zero-order valence-electron chi connectivity index (χ0n) is 17.7. The van der Waals surface area contributed by atoms with Crippen LogP contribution in [0, 0.1) is 20.8 Å². The van der Waals surface area contributed by atoms with Gasteiger partial charge in [0.2, 0.25) is 5.91 Å². The van der Waals surface area contributed by atoms with Crippen LogP contribution in [0.2, 0.25) is 0 Å². The van der Waals surface area contributed by atoms with Crippen LogP contribution in [-0.4, -0.2) is 20.6 Å². The number of pyridine rings is 1. The third-order valence-electron chi connectivity index (χ3n) is 4.61. The van der Waals surface area contributed by atoms with Gasteiger partial charge in [0.05, 0.1) is 0 Å². The van der Waals surface area contributed by atoms with E-state index < -0.39 is 0 Å². The van der Waals surface area contributed by atoms with Crippen molar-refractivity contribution in [1.82, 2.24) is 14.7 Å². The molecule has 7 heteroatoms. The first-order valence-electron chi connectivity index (χ1n) is 9.48. The number of hydrogen-bond acceptors (Lipinski definition) is 5. The maximum absolute atomic E-state index is 12.7. The molecule has 0 aliphatic rings. The molecule has 0 bridgehead atoms. The monoisotopic (exact) mass is 394 g/mol. The number of anilines is 1. The second-order valence-electron chi connectivity index (χ2n) is 8.33. The fourth-order valence-corrected chi connectivity index (χ4v) is 3.20. The Morgan fingerprint density at radius 2 is 1.79 bits per heavy atom. The van der Waals surface area contributed by atoms with Gasteiger partial charge in [-0.1, -0.05) is 49.7 Å². The molecule has 3 rings (SSSR count). The number of amides is 1. The molecule has 0 saturated heterocycles. The summed E-state index contributed by atoms with van der Waals surface area (Å²) < 4.78 is 6.71. The molecule has 1 aromatic carbocycles. The molecule has 0 atom stereocenters. The summed E-state index contributed by atoms with van der Waals surface area (Å²) in [6.45, 7) is 11.7. The molecule has 0 saturated carbocycles. The molecule has 0 aliphatic heterocycles. The summed E-state index contributed by atoms with van der Waals surface area (Å²) >= 11 is 0. The van der Waals surface area contributed by atoms with Gasteiger partial charge in [0.1, 0.15) is 12.2 Å². The molecule has 0 fully saturated rings. The maximum Gasteiger partial charge on any atom is 0.274 e. The van der Waals surface area contributed by atoms with E-state index in [1.807, 2.05) is 53.7 Å². The van der Waals surface area contributed by atoms with Crippen LogP contribution in [0.3, 0.4) is 0 Å². The molecule has 152 valence electrons. The van der Waals surface area contributed by atoms with Crippen molar-refractivity contribution >= 4 is 11.6 Å². The average molecular weight is 394 g/mol. The second kappa shape index (κ2) is 7.66. The highest BCUT2D eigenvalue weighted by Crippen LogP contribution is 2.24. The minimum atomic E-state index is -0.314. The van der Waals surface area contributed by atoms with E-state index in [9.17, 15) is 9.59 Å². The number of nitrogens with zero attached hydrogens (tertiary/aromatic N) is 3. The lowest BCUT2D eigenvalue weighted by atomic mass is 9.96. The third-order valence-corrected chi connectivity index (χ3v) is 4.61. The smallest absolute Gasteiger partial charge is 0.274 e. The molecule has 29 heavy (non-hydrogen) atoms. The van der Waals surface area contributed by atoms with Crippen LogP contribution in [0.25, 0.3) is 11.6 Å². The molecule has 1 N–H and O–H groups in total. The predicted octanol–water partition coefficient (Wildman–Crippen LogP) is 3.76. The van der Waals surface area contributed by atoms with Crippen molar-refractivity contribution < 1.29 is 9.32 Å². The summed E-state index contributed by atoms with van der Waals surface area (Å²) in [6.07, 6.45) is 0. The molecule has 7 nitrogen and oxygen atoms in total. The van der Waals surface area contributed by atoms with Gasteiger partial charge in [0.25, 0.3) is 11.4 Å². The molecular weight excluding hydrogens is 368 g/mol. The van der Waals surface area contributed by atoms with Crippen LogP contribution in [0.1, 0.15) is 43.3 Å². The van der Waals surface area contributed by atoms with Crippen molar-refractivity contribution in [2.45, 2.75) is 53.5 Å². The fourth-order valence-electron chi connectivity index (χ4n) is 3.20. The van der Waals surface area contributed by atoms with Crippen LogP contribution in [0.5, 0.6) is 0 Å². The Labute approximate surface area is 169 Å². The van der Waals surface area contributed by atoms with E-state index in [4.69, 9.17) is 4.52 Å². The normalized spacial score (nSPS) is 11.5. The van der Waals surface area contributed by atoms with E-state index in [0.717, 1.165) is 22.4 Å². The zero-order chi connectivity index (χ0) is 21.3. The topological polar surface area (TPSA) is 90.0 Å². The first kappa shape index (κ1) is 20.5. The summed E-state index contributed by atoms with van der Waals surface area (Å²) in [5, 5.41) is 6.94. The molecule has 2 aromatic heterocycles. The van der Waals surface area contributed by atoms with Crippen LogP contribution in [0.15, 0.2) is 39.6 Å². The second-order valence-corrected chi connectivity index (χ2v) is 8.33. The summed E-state index contributed by atoms with van der Waals surface area (Å²) in [5.41, 5.74) is 3.65. The van der Waals surface area contributed by atoms with E-state index in [0.29, 0.717) is 11.5 Å². The van der Waals surface area contributed by atoms with Crippen LogP contribution in [0.4, 0.5) is 5.69 Å². The quantitative estimate of drug-likeness (QED) is 0.728.